The molecule has 2 aromatic carbocycles. The normalized spacial score (nSPS) is 11.5. The van der Waals surface area contributed by atoms with Crippen molar-refractivity contribution >= 4 is 16.6 Å². The Bertz CT molecular complexity index is 861. The molecule has 3 heteroatoms. The van der Waals surface area contributed by atoms with Crippen LogP contribution >= 0.6 is 0 Å². The molecule has 0 saturated heterocycles. The first kappa shape index (κ1) is 16.3. The van der Waals surface area contributed by atoms with E-state index in [1.54, 1.807) is 7.11 Å². The van der Waals surface area contributed by atoms with E-state index in [-0.39, 0.29) is 5.54 Å². The molecule has 0 amide bonds. The summed E-state index contributed by atoms with van der Waals surface area (Å²) in [6.45, 7) is 8.57. The van der Waals surface area contributed by atoms with E-state index >= 15 is 0 Å². The Kier molecular flexibility index (Phi) is 4.18. The number of rotatable bonds is 3. The van der Waals surface area contributed by atoms with Crippen LogP contribution in [-0.4, -0.2) is 17.6 Å². The Hall–Kier alpha value is -2.55. The summed E-state index contributed by atoms with van der Waals surface area (Å²) in [6.07, 6.45) is 0. The lowest BCUT2D eigenvalue weighted by molar-refractivity contribution is 0.415. The molecule has 3 aromatic rings. The van der Waals surface area contributed by atoms with Gasteiger partial charge in [-0.1, -0.05) is 29.8 Å². The van der Waals surface area contributed by atoms with E-state index in [1.165, 1.54) is 5.56 Å². The topological polar surface area (TPSA) is 34.1 Å². The molecular weight excluding hydrogens is 296 g/mol. The largest absolute Gasteiger partial charge is 0.497 e. The van der Waals surface area contributed by atoms with Crippen LogP contribution in [0.2, 0.25) is 0 Å². The monoisotopic (exact) mass is 320 g/mol. The van der Waals surface area contributed by atoms with Crippen molar-refractivity contribution in [2.24, 2.45) is 0 Å². The fourth-order valence-corrected chi connectivity index (χ4v) is 2.71. The molecule has 0 fully saturated rings. The number of anilines is 1. The molecule has 0 radical (unpaired) electrons. The molecule has 0 saturated carbocycles. The predicted octanol–water partition coefficient (Wildman–Crippen LogP) is 5.43. The van der Waals surface area contributed by atoms with E-state index in [4.69, 9.17) is 9.72 Å². The predicted molar refractivity (Wildman–Crippen MR) is 102 cm³/mol. The van der Waals surface area contributed by atoms with Gasteiger partial charge >= 0.3 is 0 Å². The molecule has 3 rings (SSSR count). The van der Waals surface area contributed by atoms with Gasteiger partial charge in [0.25, 0.3) is 0 Å². The van der Waals surface area contributed by atoms with Crippen LogP contribution in [-0.2, 0) is 0 Å². The van der Waals surface area contributed by atoms with Gasteiger partial charge in [-0.3, -0.25) is 0 Å². The van der Waals surface area contributed by atoms with E-state index in [0.717, 1.165) is 33.6 Å². The molecule has 0 unspecified atom stereocenters. The van der Waals surface area contributed by atoms with Crippen molar-refractivity contribution in [2.45, 2.75) is 33.2 Å². The number of nitrogens with zero attached hydrogens (tertiary/aromatic N) is 1. The van der Waals surface area contributed by atoms with Crippen LogP contribution < -0.4 is 10.1 Å². The summed E-state index contributed by atoms with van der Waals surface area (Å²) in [5, 5.41) is 4.67. The molecule has 1 N–H and O–H groups in total. The van der Waals surface area contributed by atoms with Crippen LogP contribution in [0.3, 0.4) is 0 Å². The average Bonchev–Trinajstić information content (AvgIpc) is 2.53. The van der Waals surface area contributed by atoms with Crippen molar-refractivity contribution in [3.05, 3.63) is 54.1 Å². The Morgan fingerprint density at radius 3 is 2.29 bits per heavy atom. The first-order valence-corrected chi connectivity index (χ1v) is 8.20. The van der Waals surface area contributed by atoms with E-state index in [1.807, 2.05) is 18.2 Å². The molecular formula is C21H24N2O. The van der Waals surface area contributed by atoms with Crippen molar-refractivity contribution in [2.75, 3.05) is 12.4 Å². The molecule has 0 atom stereocenters. The molecule has 0 aliphatic heterocycles. The van der Waals surface area contributed by atoms with Gasteiger partial charge in [0.05, 0.1) is 18.3 Å². The molecule has 1 aromatic heterocycles. The molecule has 24 heavy (non-hydrogen) atoms. The van der Waals surface area contributed by atoms with Gasteiger partial charge in [-0.25, -0.2) is 4.98 Å². The average molecular weight is 320 g/mol. The third kappa shape index (κ3) is 3.51. The van der Waals surface area contributed by atoms with Crippen molar-refractivity contribution in [3.63, 3.8) is 0 Å². The fourth-order valence-electron chi connectivity index (χ4n) is 2.71. The molecule has 0 aliphatic carbocycles. The highest BCUT2D eigenvalue weighted by molar-refractivity contribution is 5.95. The summed E-state index contributed by atoms with van der Waals surface area (Å²) in [5.41, 5.74) is 5.33. The summed E-state index contributed by atoms with van der Waals surface area (Å²) in [6, 6.07) is 16.6. The minimum Gasteiger partial charge on any atom is -0.497 e. The van der Waals surface area contributed by atoms with Crippen LogP contribution in [0.5, 0.6) is 5.75 Å². The van der Waals surface area contributed by atoms with Crippen LogP contribution in [0.4, 0.5) is 5.69 Å². The van der Waals surface area contributed by atoms with Gasteiger partial charge in [0, 0.05) is 22.2 Å². The van der Waals surface area contributed by atoms with E-state index < -0.39 is 0 Å². The van der Waals surface area contributed by atoms with Crippen LogP contribution in [0.25, 0.3) is 22.2 Å². The summed E-state index contributed by atoms with van der Waals surface area (Å²) < 4.78 is 5.38. The van der Waals surface area contributed by atoms with Gasteiger partial charge in [-0.2, -0.15) is 0 Å². The number of benzene rings is 2. The number of methoxy groups -OCH3 is 1. The lowest BCUT2D eigenvalue weighted by Crippen LogP contribution is -2.26. The van der Waals surface area contributed by atoms with Gasteiger partial charge in [-0.15, -0.1) is 0 Å². The van der Waals surface area contributed by atoms with Crippen molar-refractivity contribution in [1.29, 1.82) is 0 Å². The second-order valence-corrected chi connectivity index (χ2v) is 7.18. The van der Waals surface area contributed by atoms with Gasteiger partial charge in [0.1, 0.15) is 5.75 Å². The number of hydrogen-bond donors (Lipinski definition) is 1. The van der Waals surface area contributed by atoms with Crippen LogP contribution in [0.1, 0.15) is 26.3 Å². The molecule has 3 nitrogen and oxygen atoms in total. The lowest BCUT2D eigenvalue weighted by Gasteiger charge is -2.24. The summed E-state index contributed by atoms with van der Waals surface area (Å²) >= 11 is 0. The highest BCUT2D eigenvalue weighted by Crippen LogP contribution is 2.32. The number of pyridine rings is 1. The first-order valence-electron chi connectivity index (χ1n) is 8.20. The maximum absolute atomic E-state index is 5.38. The first-order chi connectivity index (χ1) is 11.4. The number of nitrogens with one attached hydrogen (secondary N) is 1. The van der Waals surface area contributed by atoms with Crippen LogP contribution in [0, 0.1) is 6.92 Å². The second-order valence-electron chi connectivity index (χ2n) is 7.18. The molecule has 0 spiro atoms. The second kappa shape index (κ2) is 6.16. The minimum atomic E-state index is -0.0398. The fraction of sp³-hybridized carbons (Fsp3) is 0.286. The van der Waals surface area contributed by atoms with E-state index in [9.17, 15) is 0 Å². The zero-order chi connectivity index (χ0) is 17.3. The zero-order valence-corrected chi connectivity index (χ0v) is 15.0. The molecule has 124 valence electrons. The number of aromatic nitrogens is 1. The van der Waals surface area contributed by atoms with Gasteiger partial charge in [0.15, 0.2) is 0 Å². The minimum absolute atomic E-state index is 0.0398. The number of ether oxygens (including phenoxy) is 1. The quantitative estimate of drug-likeness (QED) is 0.699. The van der Waals surface area contributed by atoms with Crippen molar-refractivity contribution in [1.82, 2.24) is 4.98 Å². The Morgan fingerprint density at radius 1 is 0.958 bits per heavy atom. The molecule has 0 aliphatic rings. The van der Waals surface area contributed by atoms with Crippen LogP contribution in [0.15, 0.2) is 48.5 Å². The third-order valence-corrected chi connectivity index (χ3v) is 3.87. The highest BCUT2D eigenvalue weighted by Gasteiger charge is 2.14. The lowest BCUT2D eigenvalue weighted by atomic mass is 10.0. The number of aryl methyl sites for hydroxylation is 1. The summed E-state index contributed by atoms with van der Waals surface area (Å²) in [4.78, 5) is 4.85. The van der Waals surface area contributed by atoms with Crippen molar-refractivity contribution < 1.29 is 4.74 Å². The Labute approximate surface area is 143 Å². The maximum Gasteiger partial charge on any atom is 0.119 e. The number of hydrogen-bond acceptors (Lipinski definition) is 3. The zero-order valence-electron chi connectivity index (χ0n) is 15.0. The maximum atomic E-state index is 5.38. The Morgan fingerprint density at radius 2 is 1.67 bits per heavy atom. The van der Waals surface area contributed by atoms with Crippen molar-refractivity contribution in [3.8, 4) is 17.0 Å². The third-order valence-electron chi connectivity index (χ3n) is 3.87. The SMILES string of the molecule is COc1ccc2nc(-c3ccc(C)cc3)cc(NC(C)(C)C)c2c1. The standard InChI is InChI=1S/C21H24N2O/c1-14-6-8-15(9-7-14)19-13-20(23-21(2,3)4)17-12-16(24-5)10-11-18(17)22-19/h6-13H,1-5H3,(H,22,23). The van der Waals surface area contributed by atoms with Gasteiger partial charge in [-0.05, 0) is 52.0 Å². The van der Waals surface area contributed by atoms with E-state index in [2.05, 4.69) is 63.3 Å². The van der Waals surface area contributed by atoms with E-state index in [0.29, 0.717) is 0 Å². The summed E-state index contributed by atoms with van der Waals surface area (Å²) in [5.74, 6) is 0.837. The van der Waals surface area contributed by atoms with Gasteiger partial charge in [0.2, 0.25) is 0 Å². The molecule has 1 heterocycles. The summed E-state index contributed by atoms with van der Waals surface area (Å²) in [7, 11) is 1.69. The molecule has 0 bridgehead atoms. The Balaban J connectivity index is 2.20. The highest BCUT2D eigenvalue weighted by atomic mass is 16.5. The smallest absolute Gasteiger partial charge is 0.119 e. The van der Waals surface area contributed by atoms with Gasteiger partial charge < -0.3 is 10.1 Å². The number of fused-ring (bicyclic) bond motifs is 1.